The van der Waals surface area contributed by atoms with Crippen LogP contribution >= 0.6 is 11.3 Å². The minimum Gasteiger partial charge on any atom is -0.392 e. The van der Waals surface area contributed by atoms with Gasteiger partial charge in [-0.2, -0.15) is 0 Å². The van der Waals surface area contributed by atoms with E-state index < -0.39 is 0 Å². The lowest BCUT2D eigenvalue weighted by atomic mass is 10.2. The Morgan fingerprint density at radius 3 is 2.76 bits per heavy atom. The Balaban J connectivity index is 2.09. The molecular weight excluding hydrogens is 230 g/mol. The Labute approximate surface area is 106 Å². The Morgan fingerprint density at radius 2 is 2.12 bits per heavy atom. The molecule has 1 atom stereocenters. The zero-order chi connectivity index (χ0) is 12.3. The largest absolute Gasteiger partial charge is 0.392 e. The quantitative estimate of drug-likeness (QED) is 0.863. The molecule has 2 nitrogen and oxygen atoms in total. The van der Waals surface area contributed by atoms with Crippen molar-refractivity contribution in [3.8, 4) is 0 Å². The molecule has 0 saturated carbocycles. The van der Waals surface area contributed by atoms with Crippen LogP contribution in [0.5, 0.6) is 0 Å². The first-order chi connectivity index (χ1) is 8.19. The summed E-state index contributed by atoms with van der Waals surface area (Å²) < 4.78 is 0. The standard InChI is InChI=1S/C14H17NOS/c1-10-6-7-14(17-10)11(2)15-13-5-3-4-12(8-13)9-16/h3-8,11,15-16H,9H2,1-2H3. The summed E-state index contributed by atoms with van der Waals surface area (Å²) in [4.78, 5) is 2.66. The van der Waals surface area contributed by atoms with Crippen LogP contribution in [0, 0.1) is 6.92 Å². The average molecular weight is 247 g/mol. The Hall–Kier alpha value is -1.32. The summed E-state index contributed by atoms with van der Waals surface area (Å²) >= 11 is 1.81. The SMILES string of the molecule is Cc1ccc(C(C)Nc2cccc(CO)c2)s1. The zero-order valence-electron chi connectivity index (χ0n) is 10.1. The van der Waals surface area contributed by atoms with Gasteiger partial charge in [0.05, 0.1) is 12.6 Å². The van der Waals surface area contributed by atoms with Gasteiger partial charge < -0.3 is 10.4 Å². The van der Waals surface area contributed by atoms with E-state index in [1.165, 1.54) is 9.75 Å². The molecule has 1 heterocycles. The number of hydrogen-bond acceptors (Lipinski definition) is 3. The molecule has 1 aromatic heterocycles. The second-order valence-electron chi connectivity index (χ2n) is 4.17. The highest BCUT2D eigenvalue weighted by Crippen LogP contribution is 2.25. The predicted molar refractivity (Wildman–Crippen MR) is 73.5 cm³/mol. The number of aliphatic hydroxyl groups is 1. The van der Waals surface area contributed by atoms with E-state index in [1.54, 1.807) is 0 Å². The first-order valence-corrected chi connectivity index (χ1v) is 6.53. The van der Waals surface area contributed by atoms with Crippen molar-refractivity contribution in [3.05, 3.63) is 51.7 Å². The van der Waals surface area contributed by atoms with Gasteiger partial charge in [-0.25, -0.2) is 0 Å². The monoisotopic (exact) mass is 247 g/mol. The van der Waals surface area contributed by atoms with Crippen molar-refractivity contribution in [2.75, 3.05) is 5.32 Å². The van der Waals surface area contributed by atoms with Gasteiger partial charge in [-0.05, 0) is 43.7 Å². The van der Waals surface area contributed by atoms with E-state index in [9.17, 15) is 0 Å². The van der Waals surface area contributed by atoms with Crippen molar-refractivity contribution >= 4 is 17.0 Å². The third-order valence-corrected chi connectivity index (χ3v) is 3.86. The number of thiophene rings is 1. The Morgan fingerprint density at radius 1 is 1.29 bits per heavy atom. The van der Waals surface area contributed by atoms with E-state index in [0.717, 1.165) is 11.3 Å². The molecule has 2 aromatic rings. The maximum absolute atomic E-state index is 9.09. The second kappa shape index (κ2) is 5.34. The molecule has 0 spiro atoms. The van der Waals surface area contributed by atoms with E-state index in [2.05, 4.69) is 31.3 Å². The molecule has 2 rings (SSSR count). The van der Waals surface area contributed by atoms with E-state index in [0.29, 0.717) is 6.04 Å². The summed E-state index contributed by atoms with van der Waals surface area (Å²) in [7, 11) is 0. The van der Waals surface area contributed by atoms with E-state index in [-0.39, 0.29) is 6.61 Å². The van der Waals surface area contributed by atoms with E-state index >= 15 is 0 Å². The van der Waals surface area contributed by atoms with Crippen molar-refractivity contribution in [2.45, 2.75) is 26.5 Å². The van der Waals surface area contributed by atoms with Crippen LogP contribution in [0.2, 0.25) is 0 Å². The summed E-state index contributed by atoms with van der Waals surface area (Å²) in [5, 5.41) is 12.5. The molecule has 3 heteroatoms. The van der Waals surface area contributed by atoms with Crippen molar-refractivity contribution in [1.82, 2.24) is 0 Å². The molecule has 0 saturated heterocycles. The first-order valence-electron chi connectivity index (χ1n) is 5.71. The highest BCUT2D eigenvalue weighted by molar-refractivity contribution is 7.12. The first kappa shape index (κ1) is 12.1. The van der Waals surface area contributed by atoms with Crippen LogP contribution < -0.4 is 5.32 Å². The van der Waals surface area contributed by atoms with Crippen LogP contribution in [-0.4, -0.2) is 5.11 Å². The van der Waals surface area contributed by atoms with Gasteiger partial charge in [0.2, 0.25) is 0 Å². The normalized spacial score (nSPS) is 12.4. The van der Waals surface area contributed by atoms with Gasteiger partial charge >= 0.3 is 0 Å². The third kappa shape index (κ3) is 3.08. The number of aliphatic hydroxyl groups excluding tert-OH is 1. The van der Waals surface area contributed by atoms with Gasteiger partial charge in [0.15, 0.2) is 0 Å². The average Bonchev–Trinajstić information content (AvgIpc) is 2.76. The molecule has 0 bridgehead atoms. The molecule has 0 aliphatic heterocycles. The lowest BCUT2D eigenvalue weighted by Crippen LogP contribution is -2.04. The number of anilines is 1. The smallest absolute Gasteiger partial charge is 0.0682 e. The van der Waals surface area contributed by atoms with E-state index in [1.807, 2.05) is 35.6 Å². The predicted octanol–water partition coefficient (Wildman–Crippen LogP) is 3.72. The minimum absolute atomic E-state index is 0.0853. The molecule has 0 radical (unpaired) electrons. The Bertz CT molecular complexity index is 492. The second-order valence-corrected chi connectivity index (χ2v) is 5.49. The fourth-order valence-electron chi connectivity index (χ4n) is 1.77. The van der Waals surface area contributed by atoms with Crippen LogP contribution in [0.15, 0.2) is 36.4 Å². The molecule has 0 aliphatic rings. The molecule has 0 aliphatic carbocycles. The zero-order valence-corrected chi connectivity index (χ0v) is 10.9. The van der Waals surface area contributed by atoms with Crippen molar-refractivity contribution in [3.63, 3.8) is 0 Å². The van der Waals surface area contributed by atoms with Crippen LogP contribution in [0.3, 0.4) is 0 Å². The molecule has 0 fully saturated rings. The number of benzene rings is 1. The maximum atomic E-state index is 9.09. The van der Waals surface area contributed by atoms with Gasteiger partial charge in [-0.15, -0.1) is 11.3 Å². The van der Waals surface area contributed by atoms with Crippen molar-refractivity contribution in [1.29, 1.82) is 0 Å². The summed E-state index contributed by atoms with van der Waals surface area (Å²) in [5.74, 6) is 0. The molecule has 0 amide bonds. The molecule has 1 aromatic carbocycles. The van der Waals surface area contributed by atoms with Crippen molar-refractivity contribution < 1.29 is 5.11 Å². The van der Waals surface area contributed by atoms with Crippen LogP contribution in [0.1, 0.15) is 28.3 Å². The summed E-state index contributed by atoms with van der Waals surface area (Å²) in [6.45, 7) is 4.35. The Kier molecular flexibility index (Phi) is 3.82. The summed E-state index contributed by atoms with van der Waals surface area (Å²) in [5.41, 5.74) is 1.99. The lowest BCUT2D eigenvalue weighted by molar-refractivity contribution is 0.282. The fourth-order valence-corrected chi connectivity index (χ4v) is 2.65. The maximum Gasteiger partial charge on any atom is 0.0682 e. The fraction of sp³-hybridized carbons (Fsp3) is 0.286. The third-order valence-electron chi connectivity index (χ3n) is 2.68. The number of rotatable bonds is 4. The lowest BCUT2D eigenvalue weighted by Gasteiger charge is -2.14. The highest BCUT2D eigenvalue weighted by atomic mass is 32.1. The topological polar surface area (TPSA) is 32.3 Å². The minimum atomic E-state index is 0.0853. The molecular formula is C14H17NOS. The van der Waals surface area contributed by atoms with Gasteiger partial charge in [0, 0.05) is 15.4 Å². The molecule has 90 valence electrons. The van der Waals surface area contributed by atoms with Gasteiger partial charge in [-0.3, -0.25) is 0 Å². The van der Waals surface area contributed by atoms with Crippen LogP contribution in [0.25, 0.3) is 0 Å². The molecule has 17 heavy (non-hydrogen) atoms. The highest BCUT2D eigenvalue weighted by Gasteiger charge is 2.07. The van der Waals surface area contributed by atoms with E-state index in [4.69, 9.17) is 5.11 Å². The number of aryl methyl sites for hydroxylation is 1. The van der Waals surface area contributed by atoms with Crippen molar-refractivity contribution in [2.24, 2.45) is 0 Å². The summed E-state index contributed by atoms with van der Waals surface area (Å²) in [6.07, 6.45) is 0. The van der Waals surface area contributed by atoms with Gasteiger partial charge in [-0.1, -0.05) is 12.1 Å². The molecule has 2 N–H and O–H groups in total. The number of hydrogen-bond donors (Lipinski definition) is 2. The van der Waals surface area contributed by atoms with Gasteiger partial charge in [0.25, 0.3) is 0 Å². The number of nitrogens with one attached hydrogen (secondary N) is 1. The van der Waals surface area contributed by atoms with Gasteiger partial charge in [0.1, 0.15) is 0 Å². The van der Waals surface area contributed by atoms with Crippen LogP contribution in [-0.2, 0) is 6.61 Å². The summed E-state index contributed by atoms with van der Waals surface area (Å²) in [6, 6.07) is 12.5. The van der Waals surface area contributed by atoms with Crippen LogP contribution in [0.4, 0.5) is 5.69 Å². The molecule has 1 unspecified atom stereocenters.